The van der Waals surface area contributed by atoms with Gasteiger partial charge in [0.1, 0.15) is 5.75 Å². The lowest BCUT2D eigenvalue weighted by Crippen LogP contribution is -2.37. The molecule has 9 nitrogen and oxygen atoms in total. The SMILES string of the molecule is O=C(NS(=O)(=O)c1c[nH]c(=O)[nH]c1=O)Oc1ccccc1. The number of benzene rings is 1. The minimum Gasteiger partial charge on any atom is -0.410 e. The number of ether oxygens (including phenoxy) is 1. The van der Waals surface area contributed by atoms with E-state index in [0.717, 1.165) is 0 Å². The maximum atomic E-state index is 11.8. The van der Waals surface area contributed by atoms with Crippen molar-refractivity contribution in [2.45, 2.75) is 4.90 Å². The van der Waals surface area contributed by atoms with Gasteiger partial charge in [-0.15, -0.1) is 0 Å². The van der Waals surface area contributed by atoms with E-state index in [1.807, 2.05) is 4.98 Å². The van der Waals surface area contributed by atoms with Gasteiger partial charge in [0.2, 0.25) is 0 Å². The number of amides is 1. The summed E-state index contributed by atoms with van der Waals surface area (Å²) >= 11 is 0. The van der Waals surface area contributed by atoms with Crippen molar-refractivity contribution >= 4 is 16.1 Å². The molecule has 1 amide bonds. The van der Waals surface area contributed by atoms with Gasteiger partial charge in [-0.25, -0.2) is 22.7 Å². The monoisotopic (exact) mass is 311 g/mol. The summed E-state index contributed by atoms with van der Waals surface area (Å²) in [5.74, 6) is 0.126. The highest BCUT2D eigenvalue weighted by atomic mass is 32.2. The van der Waals surface area contributed by atoms with E-state index in [0.29, 0.717) is 6.20 Å². The van der Waals surface area contributed by atoms with Gasteiger partial charge in [0.05, 0.1) is 0 Å². The first-order valence-electron chi connectivity index (χ1n) is 5.50. The largest absolute Gasteiger partial charge is 0.426 e. The number of nitrogens with one attached hydrogen (secondary N) is 3. The molecule has 1 aromatic carbocycles. The third-order valence-corrected chi connectivity index (χ3v) is 3.56. The van der Waals surface area contributed by atoms with Gasteiger partial charge in [-0.1, -0.05) is 18.2 Å². The van der Waals surface area contributed by atoms with Crippen LogP contribution in [0.5, 0.6) is 5.75 Å². The Hall–Kier alpha value is -2.88. The van der Waals surface area contributed by atoms with Crippen LogP contribution in [0, 0.1) is 0 Å². The number of aromatic amines is 2. The summed E-state index contributed by atoms with van der Waals surface area (Å²) in [5, 5.41) is 0. The Balaban J connectivity index is 2.19. The van der Waals surface area contributed by atoms with Crippen LogP contribution in [0.15, 0.2) is 51.0 Å². The molecular formula is C11H9N3O6S. The van der Waals surface area contributed by atoms with Gasteiger partial charge in [-0.2, -0.15) is 0 Å². The van der Waals surface area contributed by atoms with Gasteiger partial charge in [0.25, 0.3) is 15.6 Å². The molecule has 0 saturated carbocycles. The summed E-state index contributed by atoms with van der Waals surface area (Å²) in [6.45, 7) is 0. The third-order valence-electron chi connectivity index (χ3n) is 2.25. The number of sulfonamides is 1. The van der Waals surface area contributed by atoms with Crippen LogP contribution in [0.25, 0.3) is 0 Å². The zero-order valence-electron chi connectivity index (χ0n) is 10.3. The predicted molar refractivity (Wildman–Crippen MR) is 70.5 cm³/mol. The molecule has 2 aromatic rings. The highest BCUT2D eigenvalue weighted by molar-refractivity contribution is 7.90. The second-order valence-corrected chi connectivity index (χ2v) is 5.40. The Morgan fingerprint density at radius 3 is 2.43 bits per heavy atom. The molecule has 0 aliphatic heterocycles. The smallest absolute Gasteiger partial charge is 0.410 e. The number of para-hydroxylation sites is 1. The minimum atomic E-state index is -4.47. The van der Waals surface area contributed by atoms with E-state index in [-0.39, 0.29) is 5.75 Å². The Labute approximate surface area is 117 Å². The molecule has 0 bridgehead atoms. The van der Waals surface area contributed by atoms with Crippen molar-refractivity contribution in [3.05, 3.63) is 57.4 Å². The molecule has 0 atom stereocenters. The topological polar surface area (TPSA) is 138 Å². The zero-order valence-corrected chi connectivity index (χ0v) is 11.1. The van der Waals surface area contributed by atoms with Crippen molar-refractivity contribution in [1.82, 2.24) is 14.7 Å². The minimum absolute atomic E-state index is 0.126. The maximum Gasteiger partial charge on any atom is 0.426 e. The molecule has 0 saturated heterocycles. The van der Waals surface area contributed by atoms with Crippen LogP contribution in [0.4, 0.5) is 4.79 Å². The Morgan fingerprint density at radius 2 is 1.81 bits per heavy atom. The van der Waals surface area contributed by atoms with Crippen LogP contribution in [-0.4, -0.2) is 24.5 Å². The molecule has 3 N–H and O–H groups in total. The molecular weight excluding hydrogens is 302 g/mol. The molecule has 10 heteroatoms. The fraction of sp³-hybridized carbons (Fsp3) is 0. The molecule has 0 fully saturated rings. The van der Waals surface area contributed by atoms with Crippen molar-refractivity contribution in [2.75, 3.05) is 0 Å². The van der Waals surface area contributed by atoms with Crippen molar-refractivity contribution in [3.8, 4) is 5.75 Å². The third kappa shape index (κ3) is 3.57. The Kier molecular flexibility index (Phi) is 3.89. The summed E-state index contributed by atoms with van der Waals surface area (Å²) < 4.78 is 29.9. The predicted octanol–water partition coefficient (Wildman–Crippen LogP) is -0.459. The Bertz CT molecular complexity index is 869. The summed E-state index contributed by atoms with van der Waals surface area (Å²) in [6, 6.07) is 7.74. The molecule has 0 aliphatic carbocycles. The molecule has 0 spiro atoms. The van der Waals surface area contributed by atoms with Crippen LogP contribution in [-0.2, 0) is 10.0 Å². The van der Waals surface area contributed by atoms with Crippen LogP contribution in [0.1, 0.15) is 0 Å². The number of hydrogen-bond donors (Lipinski definition) is 3. The van der Waals surface area contributed by atoms with Gasteiger partial charge in [-0.3, -0.25) is 9.78 Å². The van der Waals surface area contributed by atoms with E-state index in [1.54, 1.807) is 27.9 Å². The first kappa shape index (κ1) is 14.5. The zero-order chi connectivity index (χ0) is 15.5. The van der Waals surface area contributed by atoms with Crippen molar-refractivity contribution in [2.24, 2.45) is 0 Å². The highest BCUT2D eigenvalue weighted by Gasteiger charge is 2.22. The molecule has 0 aliphatic rings. The lowest BCUT2D eigenvalue weighted by atomic mass is 10.3. The average Bonchev–Trinajstić information content (AvgIpc) is 2.38. The lowest BCUT2D eigenvalue weighted by molar-refractivity contribution is 0.207. The van der Waals surface area contributed by atoms with Gasteiger partial charge >= 0.3 is 11.8 Å². The van der Waals surface area contributed by atoms with Crippen molar-refractivity contribution in [1.29, 1.82) is 0 Å². The molecule has 110 valence electrons. The van der Waals surface area contributed by atoms with Gasteiger partial charge < -0.3 is 9.72 Å². The second kappa shape index (κ2) is 5.63. The van der Waals surface area contributed by atoms with E-state index < -0.39 is 32.3 Å². The summed E-state index contributed by atoms with van der Waals surface area (Å²) in [7, 11) is -4.47. The first-order valence-corrected chi connectivity index (χ1v) is 6.98. The summed E-state index contributed by atoms with van der Waals surface area (Å²) in [5.41, 5.74) is -2.02. The Morgan fingerprint density at radius 1 is 1.14 bits per heavy atom. The van der Waals surface area contributed by atoms with E-state index >= 15 is 0 Å². The molecule has 21 heavy (non-hydrogen) atoms. The molecule has 0 unspecified atom stereocenters. The number of aromatic nitrogens is 2. The number of carbonyl (C=O) groups is 1. The van der Waals surface area contributed by atoms with E-state index in [2.05, 4.69) is 0 Å². The van der Waals surface area contributed by atoms with Gasteiger partial charge in [0.15, 0.2) is 4.90 Å². The summed E-state index contributed by atoms with van der Waals surface area (Å²) in [6.07, 6.45) is -0.606. The molecule has 1 aromatic heterocycles. The van der Waals surface area contributed by atoms with E-state index in [4.69, 9.17) is 4.74 Å². The second-order valence-electron chi connectivity index (χ2n) is 3.74. The van der Waals surface area contributed by atoms with Crippen LogP contribution < -0.4 is 20.7 Å². The fourth-order valence-corrected chi connectivity index (χ4v) is 2.26. The molecule has 1 heterocycles. The molecule has 0 radical (unpaired) electrons. The number of carbonyl (C=O) groups excluding carboxylic acids is 1. The number of rotatable bonds is 3. The van der Waals surface area contributed by atoms with E-state index in [9.17, 15) is 22.8 Å². The lowest BCUT2D eigenvalue weighted by Gasteiger charge is -2.06. The van der Waals surface area contributed by atoms with E-state index in [1.165, 1.54) is 12.1 Å². The average molecular weight is 311 g/mol. The van der Waals surface area contributed by atoms with Crippen LogP contribution in [0.3, 0.4) is 0 Å². The quantitative estimate of drug-likeness (QED) is 0.701. The summed E-state index contributed by atoms with van der Waals surface area (Å²) in [4.78, 5) is 36.6. The number of H-pyrrole nitrogens is 2. The standard InChI is InChI=1S/C11H9N3O6S/c15-9-8(6-12-10(16)13-9)21(18,19)14-11(17)20-7-4-2-1-3-5-7/h1-6H,(H,14,17)(H2,12,13,15,16). The maximum absolute atomic E-state index is 11.8. The van der Waals surface area contributed by atoms with Crippen LogP contribution >= 0.6 is 0 Å². The first-order chi connectivity index (χ1) is 9.88. The van der Waals surface area contributed by atoms with Gasteiger partial charge in [0, 0.05) is 6.20 Å². The normalized spacial score (nSPS) is 10.9. The highest BCUT2D eigenvalue weighted by Crippen LogP contribution is 2.09. The fourth-order valence-electron chi connectivity index (χ4n) is 1.38. The molecule has 2 rings (SSSR count). The van der Waals surface area contributed by atoms with Crippen molar-refractivity contribution < 1.29 is 17.9 Å². The van der Waals surface area contributed by atoms with Gasteiger partial charge in [-0.05, 0) is 12.1 Å². The number of hydrogen-bond acceptors (Lipinski definition) is 6. The van der Waals surface area contributed by atoms with Crippen LogP contribution in [0.2, 0.25) is 0 Å². The van der Waals surface area contributed by atoms with Crippen molar-refractivity contribution in [3.63, 3.8) is 0 Å².